The van der Waals surface area contributed by atoms with Crippen molar-refractivity contribution in [1.82, 2.24) is 15.1 Å². The van der Waals surface area contributed by atoms with Crippen LogP contribution in [0.1, 0.15) is 17.3 Å². The number of rotatable bonds is 3. The molecule has 1 saturated heterocycles. The molecule has 9 heteroatoms. The molecule has 126 valence electrons. The second kappa shape index (κ2) is 6.52. The van der Waals surface area contributed by atoms with E-state index in [1.807, 2.05) is 0 Å². The van der Waals surface area contributed by atoms with Gasteiger partial charge in [-0.05, 0) is 24.3 Å². The summed E-state index contributed by atoms with van der Waals surface area (Å²) >= 11 is 1.26. The molecular formula is C15H16FN5O2S. The van der Waals surface area contributed by atoms with Crippen LogP contribution in [-0.2, 0) is 4.79 Å². The van der Waals surface area contributed by atoms with Gasteiger partial charge in [-0.25, -0.2) is 9.18 Å². The predicted octanol–water partition coefficient (Wildman–Crippen LogP) is 2.29. The zero-order valence-corrected chi connectivity index (χ0v) is 14.0. The van der Waals surface area contributed by atoms with Crippen LogP contribution < -0.4 is 10.2 Å². The molecule has 1 unspecified atom stereocenters. The quantitative estimate of drug-likeness (QED) is 0.922. The molecule has 0 saturated carbocycles. The third-order valence-electron chi connectivity index (χ3n) is 3.67. The van der Waals surface area contributed by atoms with Crippen LogP contribution in [0.3, 0.4) is 0 Å². The first kappa shape index (κ1) is 16.3. The van der Waals surface area contributed by atoms with E-state index < -0.39 is 0 Å². The number of benzene rings is 1. The van der Waals surface area contributed by atoms with Crippen LogP contribution in [0.15, 0.2) is 24.3 Å². The minimum absolute atomic E-state index is 0.0410. The number of hydrogen-bond acceptors (Lipinski definition) is 5. The van der Waals surface area contributed by atoms with Gasteiger partial charge in [0.2, 0.25) is 11.0 Å². The van der Waals surface area contributed by atoms with Crippen LogP contribution in [0.5, 0.6) is 0 Å². The molecule has 2 aromatic rings. The van der Waals surface area contributed by atoms with Gasteiger partial charge in [0.05, 0.1) is 0 Å². The third-order valence-corrected chi connectivity index (χ3v) is 4.67. The molecule has 0 spiro atoms. The summed E-state index contributed by atoms with van der Waals surface area (Å²) in [7, 11) is 3.26. The van der Waals surface area contributed by atoms with Gasteiger partial charge in [0.25, 0.3) is 0 Å². The van der Waals surface area contributed by atoms with Crippen molar-refractivity contribution in [2.45, 2.75) is 12.3 Å². The predicted molar refractivity (Wildman–Crippen MR) is 88.7 cm³/mol. The molecule has 1 aromatic carbocycles. The molecule has 2 heterocycles. The summed E-state index contributed by atoms with van der Waals surface area (Å²) in [5, 5.41) is 11.8. The molecule has 3 rings (SSSR count). The van der Waals surface area contributed by atoms with Crippen molar-refractivity contribution in [2.75, 3.05) is 30.9 Å². The van der Waals surface area contributed by atoms with Crippen LogP contribution in [0, 0.1) is 5.82 Å². The number of carbonyl (C=O) groups is 2. The Morgan fingerprint density at radius 2 is 2.04 bits per heavy atom. The summed E-state index contributed by atoms with van der Waals surface area (Å²) < 4.78 is 13.0. The summed E-state index contributed by atoms with van der Waals surface area (Å²) in [5.74, 6) is -0.474. The Hall–Kier alpha value is -2.55. The smallest absolute Gasteiger partial charge is 0.323 e. The van der Waals surface area contributed by atoms with Gasteiger partial charge < -0.3 is 9.80 Å². The van der Waals surface area contributed by atoms with Crippen LogP contribution in [0.2, 0.25) is 0 Å². The van der Waals surface area contributed by atoms with Crippen molar-refractivity contribution >= 4 is 34.1 Å². The second-order valence-electron chi connectivity index (χ2n) is 5.65. The topological polar surface area (TPSA) is 78.4 Å². The fourth-order valence-electron chi connectivity index (χ4n) is 2.40. The van der Waals surface area contributed by atoms with Gasteiger partial charge in [-0.3, -0.25) is 10.1 Å². The van der Waals surface area contributed by atoms with Crippen molar-refractivity contribution in [3.63, 3.8) is 0 Å². The molecule has 3 amide bonds. The van der Waals surface area contributed by atoms with Crippen molar-refractivity contribution in [3.05, 3.63) is 35.1 Å². The van der Waals surface area contributed by atoms with E-state index in [1.54, 1.807) is 31.1 Å². The Balaban J connectivity index is 1.71. The lowest BCUT2D eigenvalue weighted by atomic mass is 10.1. The highest BCUT2D eigenvalue weighted by Gasteiger charge is 2.34. The molecule has 24 heavy (non-hydrogen) atoms. The van der Waals surface area contributed by atoms with Crippen LogP contribution >= 0.6 is 11.3 Å². The number of carbonyl (C=O) groups excluding carboxylic acids is 2. The van der Waals surface area contributed by atoms with E-state index in [0.717, 1.165) is 0 Å². The number of amides is 3. The van der Waals surface area contributed by atoms with Gasteiger partial charge in [0.1, 0.15) is 10.8 Å². The number of aromatic nitrogens is 2. The van der Waals surface area contributed by atoms with E-state index >= 15 is 0 Å². The Morgan fingerprint density at radius 3 is 2.71 bits per heavy atom. The summed E-state index contributed by atoms with van der Waals surface area (Å²) in [5.41, 5.74) is 0.662. The van der Waals surface area contributed by atoms with E-state index in [1.165, 1.54) is 28.4 Å². The highest BCUT2D eigenvalue weighted by atomic mass is 32.1. The molecule has 1 aliphatic heterocycles. The summed E-state index contributed by atoms with van der Waals surface area (Å²) in [6.07, 6.45) is 0.313. The van der Waals surface area contributed by atoms with Crippen molar-refractivity contribution < 1.29 is 14.0 Å². The number of urea groups is 1. The SMILES string of the molecule is CN(C)C(=O)Nc1nnc(C2CC(=O)N(c3ccc(F)cc3)C2)s1. The number of nitrogens with one attached hydrogen (secondary N) is 1. The standard InChI is InChI=1S/C15H16FN5O2S/c1-20(2)15(23)17-14-19-18-13(24-14)9-7-12(22)21(8-9)11-5-3-10(16)4-6-11/h3-6,9H,7-8H2,1-2H3,(H,17,19,23). The van der Waals surface area contributed by atoms with Crippen LogP contribution in [-0.4, -0.2) is 47.7 Å². The zero-order chi connectivity index (χ0) is 17.3. The van der Waals surface area contributed by atoms with Gasteiger partial charge in [-0.1, -0.05) is 11.3 Å². The fourth-order valence-corrected chi connectivity index (χ4v) is 3.22. The minimum atomic E-state index is -0.340. The highest BCUT2D eigenvalue weighted by molar-refractivity contribution is 7.15. The first-order chi connectivity index (χ1) is 11.4. The molecule has 0 radical (unpaired) electrons. The minimum Gasteiger partial charge on any atom is -0.331 e. The van der Waals surface area contributed by atoms with Gasteiger partial charge in [-0.15, -0.1) is 10.2 Å². The van der Waals surface area contributed by atoms with E-state index in [2.05, 4.69) is 15.5 Å². The van der Waals surface area contributed by atoms with E-state index in [9.17, 15) is 14.0 Å². The third kappa shape index (κ3) is 3.35. The monoisotopic (exact) mass is 349 g/mol. The Bertz CT molecular complexity index is 761. The zero-order valence-electron chi connectivity index (χ0n) is 13.2. The maximum atomic E-state index is 13.0. The molecule has 0 aliphatic carbocycles. The molecule has 7 nitrogen and oxygen atoms in total. The summed E-state index contributed by atoms with van der Waals surface area (Å²) in [6, 6.07) is 5.54. The lowest BCUT2D eigenvalue weighted by Crippen LogP contribution is -2.27. The highest BCUT2D eigenvalue weighted by Crippen LogP contribution is 2.34. The Kier molecular flexibility index (Phi) is 4.43. The maximum Gasteiger partial charge on any atom is 0.323 e. The van der Waals surface area contributed by atoms with Crippen LogP contribution in [0.4, 0.5) is 20.0 Å². The largest absolute Gasteiger partial charge is 0.331 e. The first-order valence-corrected chi connectivity index (χ1v) is 8.13. The molecule has 0 bridgehead atoms. The fraction of sp³-hybridized carbons (Fsp3) is 0.333. The number of nitrogens with zero attached hydrogens (tertiary/aromatic N) is 4. The summed E-state index contributed by atoms with van der Waals surface area (Å²) in [4.78, 5) is 26.9. The Labute approximate surface area is 142 Å². The molecule has 1 N–H and O–H groups in total. The number of halogens is 1. The van der Waals surface area contributed by atoms with Gasteiger partial charge >= 0.3 is 6.03 Å². The molecular weight excluding hydrogens is 333 g/mol. The average Bonchev–Trinajstić information content (AvgIpc) is 3.15. The molecule has 1 aliphatic rings. The van der Waals surface area contributed by atoms with Crippen molar-refractivity contribution in [2.24, 2.45) is 0 Å². The van der Waals surface area contributed by atoms with E-state index in [0.29, 0.717) is 28.8 Å². The van der Waals surface area contributed by atoms with Crippen LogP contribution in [0.25, 0.3) is 0 Å². The van der Waals surface area contributed by atoms with Gasteiger partial charge in [-0.2, -0.15) is 0 Å². The lowest BCUT2D eigenvalue weighted by Gasteiger charge is -2.16. The molecule has 1 fully saturated rings. The maximum absolute atomic E-state index is 13.0. The van der Waals surface area contributed by atoms with Gasteiger partial charge in [0.15, 0.2) is 0 Å². The van der Waals surface area contributed by atoms with Crippen molar-refractivity contribution in [1.29, 1.82) is 0 Å². The normalized spacial score (nSPS) is 17.2. The Morgan fingerprint density at radius 1 is 1.33 bits per heavy atom. The van der Waals surface area contributed by atoms with E-state index in [-0.39, 0.29) is 23.7 Å². The van der Waals surface area contributed by atoms with Gasteiger partial charge in [0, 0.05) is 38.7 Å². The number of hydrogen-bond donors (Lipinski definition) is 1. The lowest BCUT2D eigenvalue weighted by molar-refractivity contribution is -0.117. The number of anilines is 2. The average molecular weight is 349 g/mol. The molecule has 1 aromatic heterocycles. The molecule has 1 atom stereocenters. The summed E-state index contributed by atoms with van der Waals surface area (Å²) in [6.45, 7) is 0.459. The van der Waals surface area contributed by atoms with E-state index in [4.69, 9.17) is 0 Å². The van der Waals surface area contributed by atoms with Crippen molar-refractivity contribution in [3.8, 4) is 0 Å². The second-order valence-corrected chi connectivity index (χ2v) is 6.66. The first-order valence-electron chi connectivity index (χ1n) is 7.31.